The molecule has 1 atom stereocenters. The molecule has 0 amide bonds. The van der Waals surface area contributed by atoms with Gasteiger partial charge in [0.05, 0.1) is 0 Å². The normalized spacial score (nSPS) is 15.4. The number of aliphatic hydroxyl groups excluding tert-OH is 2. The summed E-state index contributed by atoms with van der Waals surface area (Å²) in [4.78, 5) is 0. The Morgan fingerprint density at radius 1 is 0.857 bits per heavy atom. The van der Waals surface area contributed by atoms with E-state index in [2.05, 4.69) is 13.8 Å². The second-order valence-electron chi connectivity index (χ2n) is 4.34. The Kier molecular flexibility index (Phi) is 8.20. The first-order chi connectivity index (χ1) is 6.74. The van der Waals surface area contributed by atoms with Crippen LogP contribution in [0.4, 0.5) is 0 Å². The highest BCUT2D eigenvalue weighted by atomic mass is 16.3. The first kappa shape index (κ1) is 13.9. The van der Waals surface area contributed by atoms with Crippen molar-refractivity contribution in [3.05, 3.63) is 0 Å². The summed E-state index contributed by atoms with van der Waals surface area (Å²) < 4.78 is 0. The van der Waals surface area contributed by atoms with Crippen LogP contribution in [0.25, 0.3) is 0 Å². The molecule has 0 heterocycles. The van der Waals surface area contributed by atoms with Gasteiger partial charge < -0.3 is 10.2 Å². The fourth-order valence-corrected chi connectivity index (χ4v) is 2.15. The molecule has 2 nitrogen and oxygen atoms in total. The molecular weight excluding hydrogens is 176 g/mol. The van der Waals surface area contributed by atoms with Gasteiger partial charge in [-0.3, -0.25) is 0 Å². The van der Waals surface area contributed by atoms with Crippen LogP contribution in [0.3, 0.4) is 0 Å². The highest BCUT2D eigenvalue weighted by Gasteiger charge is 2.26. The fraction of sp³-hybridized carbons (Fsp3) is 1.00. The van der Waals surface area contributed by atoms with Crippen molar-refractivity contribution in [1.29, 1.82) is 0 Å². The van der Waals surface area contributed by atoms with Crippen LogP contribution in [0, 0.1) is 5.41 Å². The molecule has 0 radical (unpaired) electrons. The number of aliphatic hydroxyl groups is 2. The first-order valence-electron chi connectivity index (χ1n) is 5.96. The van der Waals surface area contributed by atoms with Gasteiger partial charge in [-0.05, 0) is 31.1 Å². The van der Waals surface area contributed by atoms with Gasteiger partial charge in [-0.25, -0.2) is 0 Å². The lowest BCUT2D eigenvalue weighted by molar-refractivity contribution is 0.0829. The molecule has 0 aromatic rings. The van der Waals surface area contributed by atoms with Crippen molar-refractivity contribution in [1.82, 2.24) is 0 Å². The maximum Gasteiger partial charge on any atom is 0.0487 e. The summed E-state index contributed by atoms with van der Waals surface area (Å²) in [5, 5.41) is 18.3. The van der Waals surface area contributed by atoms with E-state index in [0.29, 0.717) is 0 Å². The summed E-state index contributed by atoms with van der Waals surface area (Å²) in [6, 6.07) is 0. The van der Waals surface area contributed by atoms with Gasteiger partial charge in [-0.2, -0.15) is 0 Å². The van der Waals surface area contributed by atoms with Crippen LogP contribution in [0.15, 0.2) is 0 Å². The van der Waals surface area contributed by atoms with Gasteiger partial charge in [0.15, 0.2) is 0 Å². The van der Waals surface area contributed by atoms with E-state index in [4.69, 9.17) is 5.11 Å². The largest absolute Gasteiger partial charge is 0.396 e. The van der Waals surface area contributed by atoms with Crippen molar-refractivity contribution in [2.75, 3.05) is 13.2 Å². The first-order valence-corrected chi connectivity index (χ1v) is 5.96. The molecule has 0 aliphatic heterocycles. The molecule has 86 valence electrons. The fourth-order valence-electron chi connectivity index (χ4n) is 2.15. The maximum absolute atomic E-state index is 9.48. The quantitative estimate of drug-likeness (QED) is 0.603. The van der Waals surface area contributed by atoms with Crippen LogP contribution in [-0.2, 0) is 0 Å². The van der Waals surface area contributed by atoms with E-state index >= 15 is 0 Å². The number of unbranched alkanes of at least 4 members (excludes halogenated alkanes) is 1. The zero-order chi connectivity index (χ0) is 10.9. The molecule has 0 aromatic heterocycles. The Hall–Kier alpha value is -0.0800. The van der Waals surface area contributed by atoms with E-state index in [1.165, 1.54) is 12.8 Å². The van der Waals surface area contributed by atoms with Crippen molar-refractivity contribution in [3.8, 4) is 0 Å². The van der Waals surface area contributed by atoms with Gasteiger partial charge in [0.25, 0.3) is 0 Å². The van der Waals surface area contributed by atoms with Crippen LogP contribution < -0.4 is 0 Å². The van der Waals surface area contributed by atoms with Crippen molar-refractivity contribution >= 4 is 0 Å². The van der Waals surface area contributed by atoms with Crippen LogP contribution in [0.5, 0.6) is 0 Å². The number of hydrogen-bond donors (Lipinski definition) is 2. The molecule has 0 aliphatic rings. The number of hydrogen-bond acceptors (Lipinski definition) is 2. The molecule has 0 saturated heterocycles. The van der Waals surface area contributed by atoms with Crippen LogP contribution in [-0.4, -0.2) is 23.4 Å². The predicted octanol–water partition coefficient (Wildman–Crippen LogP) is 2.73. The third kappa shape index (κ3) is 4.97. The molecule has 0 fully saturated rings. The Bertz CT molecular complexity index is 115. The van der Waals surface area contributed by atoms with Gasteiger partial charge in [0.2, 0.25) is 0 Å². The molecule has 0 spiro atoms. The summed E-state index contributed by atoms with van der Waals surface area (Å²) in [5.41, 5.74) is 0.0908. The van der Waals surface area contributed by atoms with Gasteiger partial charge in [-0.15, -0.1) is 0 Å². The van der Waals surface area contributed by atoms with Gasteiger partial charge >= 0.3 is 0 Å². The molecule has 14 heavy (non-hydrogen) atoms. The third-order valence-electron chi connectivity index (χ3n) is 3.04. The van der Waals surface area contributed by atoms with Gasteiger partial charge in [0.1, 0.15) is 0 Å². The average Bonchev–Trinajstić information content (AvgIpc) is 2.22. The van der Waals surface area contributed by atoms with Crippen molar-refractivity contribution in [2.24, 2.45) is 5.41 Å². The second kappa shape index (κ2) is 8.25. The minimum absolute atomic E-state index is 0.0908. The maximum atomic E-state index is 9.48. The number of rotatable bonds is 9. The van der Waals surface area contributed by atoms with E-state index < -0.39 is 0 Å². The Labute approximate surface area is 88.3 Å². The molecule has 0 bridgehead atoms. The van der Waals surface area contributed by atoms with Crippen LogP contribution >= 0.6 is 0 Å². The predicted molar refractivity (Wildman–Crippen MR) is 60.3 cm³/mol. The zero-order valence-electron chi connectivity index (χ0n) is 9.76. The molecule has 1 unspecified atom stereocenters. The van der Waals surface area contributed by atoms with Crippen LogP contribution in [0.2, 0.25) is 0 Å². The summed E-state index contributed by atoms with van der Waals surface area (Å²) in [7, 11) is 0. The summed E-state index contributed by atoms with van der Waals surface area (Å²) in [5.74, 6) is 0. The van der Waals surface area contributed by atoms with E-state index in [0.717, 1.165) is 32.1 Å². The highest BCUT2D eigenvalue weighted by molar-refractivity contribution is 4.78. The zero-order valence-corrected chi connectivity index (χ0v) is 9.76. The van der Waals surface area contributed by atoms with Crippen LogP contribution in [0.1, 0.15) is 58.8 Å². The lowest BCUT2D eigenvalue weighted by Crippen LogP contribution is -2.25. The van der Waals surface area contributed by atoms with Crippen molar-refractivity contribution in [2.45, 2.75) is 58.8 Å². The smallest absolute Gasteiger partial charge is 0.0487 e. The third-order valence-corrected chi connectivity index (χ3v) is 3.04. The lowest BCUT2D eigenvalue weighted by atomic mass is 9.76. The van der Waals surface area contributed by atoms with E-state index in [-0.39, 0.29) is 18.6 Å². The molecule has 2 N–H and O–H groups in total. The monoisotopic (exact) mass is 202 g/mol. The molecule has 0 rings (SSSR count). The lowest BCUT2D eigenvalue weighted by Gasteiger charge is -2.31. The standard InChI is InChI=1S/C12H26O2/c1-3-5-8-12(11-14,7-4-2)9-6-10-13/h13-14H,3-11H2,1-2H3. The Balaban J connectivity index is 4.11. The van der Waals surface area contributed by atoms with Gasteiger partial charge in [-0.1, -0.05) is 33.1 Å². The average molecular weight is 202 g/mol. The molecular formula is C12H26O2. The Morgan fingerprint density at radius 3 is 1.93 bits per heavy atom. The molecule has 2 heteroatoms. The highest BCUT2D eigenvalue weighted by Crippen LogP contribution is 2.34. The van der Waals surface area contributed by atoms with Gasteiger partial charge in [0, 0.05) is 13.2 Å². The Morgan fingerprint density at radius 2 is 1.50 bits per heavy atom. The van der Waals surface area contributed by atoms with Crippen molar-refractivity contribution in [3.63, 3.8) is 0 Å². The molecule has 0 aliphatic carbocycles. The second-order valence-corrected chi connectivity index (χ2v) is 4.34. The van der Waals surface area contributed by atoms with Crippen molar-refractivity contribution < 1.29 is 10.2 Å². The topological polar surface area (TPSA) is 40.5 Å². The SMILES string of the molecule is CCCCC(CO)(CCC)CCCO. The minimum atomic E-state index is 0.0908. The minimum Gasteiger partial charge on any atom is -0.396 e. The summed E-state index contributed by atoms with van der Waals surface area (Å²) >= 11 is 0. The molecule has 0 saturated carbocycles. The van der Waals surface area contributed by atoms with E-state index in [1.807, 2.05) is 0 Å². The summed E-state index contributed by atoms with van der Waals surface area (Å²) in [6.07, 6.45) is 7.47. The molecule has 0 aromatic carbocycles. The van der Waals surface area contributed by atoms with E-state index in [1.54, 1.807) is 0 Å². The van der Waals surface area contributed by atoms with E-state index in [9.17, 15) is 5.11 Å². The summed E-state index contributed by atoms with van der Waals surface area (Å²) in [6.45, 7) is 4.87.